The minimum Gasteiger partial charge on any atom is -0.449 e. The van der Waals surface area contributed by atoms with Crippen LogP contribution in [0.15, 0.2) is 57.5 Å². The molecule has 1 amide bonds. The number of anilines is 1. The van der Waals surface area contributed by atoms with Gasteiger partial charge in [0.25, 0.3) is 0 Å². The molecular formula is C19H16BrFN2O3. The highest BCUT2D eigenvalue weighted by Crippen LogP contribution is 2.31. The zero-order valence-corrected chi connectivity index (χ0v) is 15.5. The molecule has 0 aliphatic heterocycles. The van der Waals surface area contributed by atoms with Gasteiger partial charge in [0.2, 0.25) is 0 Å². The molecule has 0 bridgehead atoms. The molecule has 1 aromatic heterocycles. The van der Waals surface area contributed by atoms with Gasteiger partial charge in [0.1, 0.15) is 17.2 Å². The van der Waals surface area contributed by atoms with E-state index in [2.05, 4.69) is 26.4 Å². The lowest BCUT2D eigenvalue weighted by molar-refractivity contribution is 0.162. The Morgan fingerprint density at radius 3 is 2.69 bits per heavy atom. The van der Waals surface area contributed by atoms with Gasteiger partial charge in [0.15, 0.2) is 5.76 Å². The van der Waals surface area contributed by atoms with E-state index < -0.39 is 6.09 Å². The predicted octanol–water partition coefficient (Wildman–Crippen LogP) is 5.34. The third-order valence-corrected chi connectivity index (χ3v) is 4.29. The molecule has 5 nitrogen and oxygen atoms in total. The minimum atomic E-state index is -0.647. The second-order valence-electron chi connectivity index (χ2n) is 5.58. The summed E-state index contributed by atoms with van der Waals surface area (Å²) in [6.45, 7) is 1.78. The van der Waals surface area contributed by atoms with Gasteiger partial charge in [0, 0.05) is 16.5 Å². The SMILES string of the molecule is Cc1noc(-c2ccc(Br)cc2)c1NC(=O)OCCc1ccccc1F. The van der Waals surface area contributed by atoms with Crippen LogP contribution in [0.5, 0.6) is 0 Å². The van der Waals surface area contributed by atoms with Gasteiger partial charge in [-0.3, -0.25) is 5.32 Å². The van der Waals surface area contributed by atoms with Gasteiger partial charge in [-0.15, -0.1) is 0 Å². The fraction of sp³-hybridized carbons (Fsp3) is 0.158. The second-order valence-corrected chi connectivity index (χ2v) is 6.50. The van der Waals surface area contributed by atoms with Crippen molar-refractivity contribution in [1.29, 1.82) is 0 Å². The summed E-state index contributed by atoms with van der Waals surface area (Å²) in [5.41, 5.74) is 2.25. The van der Waals surface area contributed by atoms with Crippen LogP contribution >= 0.6 is 15.9 Å². The van der Waals surface area contributed by atoms with Crippen LogP contribution in [-0.4, -0.2) is 17.9 Å². The molecular weight excluding hydrogens is 403 g/mol. The summed E-state index contributed by atoms with van der Waals surface area (Å²) in [5.74, 6) is 0.130. The fourth-order valence-corrected chi connectivity index (χ4v) is 2.67. The molecule has 0 radical (unpaired) electrons. The van der Waals surface area contributed by atoms with Crippen LogP contribution < -0.4 is 5.32 Å². The van der Waals surface area contributed by atoms with E-state index in [1.807, 2.05) is 24.3 Å². The molecule has 134 valence electrons. The van der Waals surface area contributed by atoms with Gasteiger partial charge in [-0.05, 0) is 42.8 Å². The monoisotopic (exact) mass is 418 g/mol. The third kappa shape index (κ3) is 4.29. The number of rotatable bonds is 5. The Morgan fingerprint density at radius 1 is 1.23 bits per heavy atom. The Bertz CT molecular complexity index is 909. The molecule has 26 heavy (non-hydrogen) atoms. The Labute approximate surface area is 158 Å². The van der Waals surface area contributed by atoms with E-state index >= 15 is 0 Å². The summed E-state index contributed by atoms with van der Waals surface area (Å²) < 4.78 is 25.0. The molecule has 0 saturated heterocycles. The number of carbonyl (C=O) groups excluding carboxylic acids is 1. The van der Waals surface area contributed by atoms with Crippen molar-refractivity contribution in [3.63, 3.8) is 0 Å². The van der Waals surface area contributed by atoms with Gasteiger partial charge in [0.05, 0.1) is 6.61 Å². The average molecular weight is 419 g/mol. The largest absolute Gasteiger partial charge is 0.449 e. The van der Waals surface area contributed by atoms with Gasteiger partial charge in [-0.1, -0.05) is 39.3 Å². The van der Waals surface area contributed by atoms with Crippen LogP contribution in [-0.2, 0) is 11.2 Å². The number of aryl methyl sites for hydroxylation is 1. The summed E-state index contributed by atoms with van der Waals surface area (Å²) in [7, 11) is 0. The Morgan fingerprint density at radius 2 is 1.96 bits per heavy atom. The third-order valence-electron chi connectivity index (χ3n) is 3.76. The second kappa shape index (κ2) is 8.14. The van der Waals surface area contributed by atoms with E-state index in [1.165, 1.54) is 6.07 Å². The molecule has 1 heterocycles. The first-order chi connectivity index (χ1) is 12.5. The number of amides is 1. The van der Waals surface area contributed by atoms with E-state index in [9.17, 15) is 9.18 Å². The summed E-state index contributed by atoms with van der Waals surface area (Å²) in [6.07, 6.45) is -0.353. The number of hydrogen-bond acceptors (Lipinski definition) is 4. The molecule has 7 heteroatoms. The smallest absolute Gasteiger partial charge is 0.411 e. The van der Waals surface area contributed by atoms with E-state index in [0.29, 0.717) is 29.1 Å². The van der Waals surface area contributed by atoms with Crippen LogP contribution in [0.3, 0.4) is 0 Å². The number of benzene rings is 2. The number of halogens is 2. The Balaban J connectivity index is 1.63. The zero-order valence-electron chi connectivity index (χ0n) is 14.0. The number of nitrogens with one attached hydrogen (secondary N) is 1. The molecule has 3 rings (SSSR count). The number of nitrogens with zero attached hydrogens (tertiary/aromatic N) is 1. The van der Waals surface area contributed by atoms with Crippen molar-refractivity contribution in [3.8, 4) is 11.3 Å². The highest BCUT2D eigenvalue weighted by atomic mass is 79.9. The lowest BCUT2D eigenvalue weighted by atomic mass is 10.1. The lowest BCUT2D eigenvalue weighted by Crippen LogP contribution is -2.16. The first-order valence-corrected chi connectivity index (χ1v) is 8.73. The van der Waals surface area contributed by atoms with Crippen LogP contribution in [0.1, 0.15) is 11.3 Å². The Hall–Kier alpha value is -2.67. The minimum absolute atomic E-state index is 0.0602. The first-order valence-electron chi connectivity index (χ1n) is 7.94. The van der Waals surface area contributed by atoms with Crippen molar-refractivity contribution in [3.05, 3.63) is 70.1 Å². The van der Waals surface area contributed by atoms with Crippen LogP contribution in [0.4, 0.5) is 14.9 Å². The topological polar surface area (TPSA) is 64.4 Å². The van der Waals surface area contributed by atoms with Crippen molar-refractivity contribution >= 4 is 27.7 Å². The van der Waals surface area contributed by atoms with Gasteiger partial charge < -0.3 is 9.26 Å². The molecule has 0 aliphatic rings. The summed E-state index contributed by atoms with van der Waals surface area (Å²) in [5, 5.41) is 6.55. The maximum absolute atomic E-state index is 13.6. The summed E-state index contributed by atoms with van der Waals surface area (Å²) in [4.78, 5) is 12.1. The van der Waals surface area contributed by atoms with Gasteiger partial charge in [-0.2, -0.15) is 0 Å². The normalized spacial score (nSPS) is 10.6. The standard InChI is InChI=1S/C19H16BrFN2O3/c1-12-17(18(26-23-12)14-6-8-15(20)9-7-14)22-19(24)25-11-10-13-4-2-3-5-16(13)21/h2-9H,10-11H2,1H3,(H,22,24). The highest BCUT2D eigenvalue weighted by molar-refractivity contribution is 9.10. The zero-order chi connectivity index (χ0) is 18.5. The van der Waals surface area contributed by atoms with E-state index in [-0.39, 0.29) is 12.4 Å². The maximum Gasteiger partial charge on any atom is 0.411 e. The molecule has 0 fully saturated rings. The molecule has 1 N–H and O–H groups in total. The summed E-state index contributed by atoms with van der Waals surface area (Å²) in [6, 6.07) is 13.8. The molecule has 0 saturated carbocycles. The quantitative estimate of drug-likeness (QED) is 0.606. The molecule has 0 aliphatic carbocycles. The summed E-state index contributed by atoms with van der Waals surface area (Å²) >= 11 is 3.37. The average Bonchev–Trinajstić information content (AvgIpc) is 2.98. The van der Waals surface area contributed by atoms with Crippen LogP contribution in [0.2, 0.25) is 0 Å². The van der Waals surface area contributed by atoms with Crippen molar-refractivity contribution in [1.82, 2.24) is 5.16 Å². The molecule has 0 spiro atoms. The van der Waals surface area contributed by atoms with Gasteiger partial charge >= 0.3 is 6.09 Å². The van der Waals surface area contributed by atoms with Crippen molar-refractivity contribution < 1.29 is 18.4 Å². The van der Waals surface area contributed by atoms with Crippen molar-refractivity contribution in [2.45, 2.75) is 13.3 Å². The predicted molar refractivity (Wildman–Crippen MR) is 99.5 cm³/mol. The van der Waals surface area contributed by atoms with Crippen molar-refractivity contribution in [2.24, 2.45) is 0 Å². The molecule has 0 atom stereocenters. The van der Waals surface area contributed by atoms with Crippen molar-refractivity contribution in [2.75, 3.05) is 11.9 Å². The molecule has 3 aromatic rings. The number of ether oxygens (including phenoxy) is 1. The van der Waals surface area contributed by atoms with E-state index in [0.717, 1.165) is 10.0 Å². The number of carbonyl (C=O) groups is 1. The number of aromatic nitrogens is 1. The van der Waals surface area contributed by atoms with Crippen LogP contribution in [0.25, 0.3) is 11.3 Å². The first kappa shape index (κ1) is 18.1. The maximum atomic E-state index is 13.6. The molecule has 2 aromatic carbocycles. The fourth-order valence-electron chi connectivity index (χ4n) is 2.41. The highest BCUT2D eigenvalue weighted by Gasteiger charge is 2.18. The Kier molecular flexibility index (Phi) is 5.68. The van der Waals surface area contributed by atoms with Crippen LogP contribution in [0, 0.1) is 12.7 Å². The van der Waals surface area contributed by atoms with Gasteiger partial charge in [-0.25, -0.2) is 9.18 Å². The van der Waals surface area contributed by atoms with E-state index in [1.54, 1.807) is 25.1 Å². The lowest BCUT2D eigenvalue weighted by Gasteiger charge is -2.08. The number of hydrogen-bond donors (Lipinski definition) is 1. The molecule has 0 unspecified atom stereocenters. The van der Waals surface area contributed by atoms with E-state index in [4.69, 9.17) is 9.26 Å².